The molecular weight excluding hydrogens is 427 g/mol. The van der Waals surface area contributed by atoms with E-state index in [1.165, 1.54) is 31.4 Å². The average Bonchev–Trinajstić information content (AvgIpc) is 2.29. The second kappa shape index (κ2) is 32.3. The van der Waals surface area contributed by atoms with Crippen molar-refractivity contribution >= 4 is 16.1 Å². The molecule has 0 heterocycles. The Balaban J connectivity index is -0.0000000458. The quantitative estimate of drug-likeness (QED) is 0.261. The van der Waals surface area contributed by atoms with Crippen LogP contribution in [0.3, 0.4) is 0 Å². The molecule has 0 aromatic rings. The summed E-state index contributed by atoms with van der Waals surface area (Å²) < 4.78 is 0. The van der Waals surface area contributed by atoms with Crippen LogP contribution in [0, 0.1) is 0 Å². The maximum Gasteiger partial charge on any atom is 0.0447 e. The zero-order valence-corrected chi connectivity index (χ0v) is 21.7. The van der Waals surface area contributed by atoms with Gasteiger partial charge in [-0.1, -0.05) is 118 Å². The molecule has 0 saturated heterocycles. The van der Waals surface area contributed by atoms with Crippen molar-refractivity contribution in [2.75, 3.05) is 0 Å². The van der Waals surface area contributed by atoms with E-state index in [0.29, 0.717) is 0 Å². The van der Waals surface area contributed by atoms with Crippen LogP contribution in [0.25, 0.3) is 0 Å². The molecule has 3 heteroatoms. The van der Waals surface area contributed by atoms with Crippen molar-refractivity contribution in [1.82, 2.24) is 0 Å². The van der Waals surface area contributed by atoms with Crippen molar-refractivity contribution in [2.45, 2.75) is 120 Å². The summed E-state index contributed by atoms with van der Waals surface area (Å²) in [6, 6.07) is 3.07. The molecule has 0 saturated carbocycles. The SMILES string of the molecule is C.C.C=CC.C=CC.CCC.CCC[Si](C)(C)C[Si](C)(C)CCC.[Pd]. The Morgan fingerprint density at radius 1 is 0.680 bits per heavy atom. The molecule has 0 N–H and O–H groups in total. The van der Waals surface area contributed by atoms with Crippen molar-refractivity contribution in [3.05, 3.63) is 25.3 Å². The summed E-state index contributed by atoms with van der Waals surface area (Å²) in [7, 11) is -1.63. The molecule has 0 aliphatic rings. The van der Waals surface area contributed by atoms with Crippen LogP contribution >= 0.6 is 0 Å². The number of rotatable bonds is 6. The van der Waals surface area contributed by atoms with Gasteiger partial charge >= 0.3 is 0 Å². The summed E-state index contributed by atoms with van der Waals surface area (Å²) in [4.78, 5) is 0. The Hall–Kier alpha value is 0.576. The fourth-order valence-corrected chi connectivity index (χ4v) is 17.3. The third-order valence-electron chi connectivity index (χ3n) is 2.81. The van der Waals surface area contributed by atoms with Gasteiger partial charge in [-0.05, 0) is 13.8 Å². The number of hydrogen-bond donors (Lipinski definition) is 0. The summed E-state index contributed by atoms with van der Waals surface area (Å²) in [6.07, 6.45) is 7.55. The van der Waals surface area contributed by atoms with Gasteiger partial charge in [0.15, 0.2) is 0 Å². The first-order chi connectivity index (χ1) is 10.1. The summed E-state index contributed by atoms with van der Waals surface area (Å²) in [5.74, 6) is 0. The third-order valence-corrected chi connectivity index (χ3v) is 14.2. The fourth-order valence-electron chi connectivity index (χ4n) is 2.83. The molecule has 0 amide bonds. The average molecular weight is 483 g/mol. The van der Waals surface area contributed by atoms with Crippen molar-refractivity contribution in [1.29, 1.82) is 0 Å². The second-order valence-electron chi connectivity index (χ2n) is 7.53. The molecule has 0 spiro atoms. The van der Waals surface area contributed by atoms with Gasteiger partial charge in [-0.3, -0.25) is 0 Å². The number of allylic oxidation sites excluding steroid dienone is 2. The van der Waals surface area contributed by atoms with Gasteiger partial charge in [-0.25, -0.2) is 0 Å². The van der Waals surface area contributed by atoms with E-state index >= 15 is 0 Å². The van der Waals surface area contributed by atoms with Gasteiger partial charge in [-0.15, -0.1) is 13.2 Å². The predicted octanol–water partition coefficient (Wildman–Crippen LogP) is 9.83. The summed E-state index contributed by atoms with van der Waals surface area (Å²) in [6.45, 7) is 29.8. The maximum absolute atomic E-state index is 3.36. The monoisotopic (exact) mass is 482 g/mol. The molecule has 0 nitrogen and oxygen atoms in total. The van der Waals surface area contributed by atoms with E-state index in [1.807, 2.05) is 13.8 Å². The zero-order valence-electron chi connectivity index (χ0n) is 18.1. The first-order valence-electron chi connectivity index (χ1n) is 9.21. The van der Waals surface area contributed by atoms with Crippen LogP contribution in [0.4, 0.5) is 0 Å². The molecule has 0 unspecified atom stereocenters. The van der Waals surface area contributed by atoms with Crippen LogP contribution in [-0.2, 0) is 20.4 Å². The minimum Gasteiger partial charge on any atom is -0.103 e. The molecule has 0 radical (unpaired) electrons. The Morgan fingerprint density at radius 3 is 0.960 bits per heavy atom. The molecular formula is C22H56PdSi2. The molecule has 162 valence electrons. The predicted molar refractivity (Wildman–Crippen MR) is 131 cm³/mol. The maximum atomic E-state index is 3.36. The van der Waals surface area contributed by atoms with Gasteiger partial charge in [0.1, 0.15) is 0 Å². The van der Waals surface area contributed by atoms with Crippen LogP contribution in [0.1, 0.15) is 75.7 Å². The van der Waals surface area contributed by atoms with Crippen molar-refractivity contribution in [2.24, 2.45) is 0 Å². The smallest absolute Gasteiger partial charge is 0.0447 e. The first-order valence-corrected chi connectivity index (χ1v) is 16.0. The van der Waals surface area contributed by atoms with Crippen LogP contribution < -0.4 is 0 Å². The van der Waals surface area contributed by atoms with Gasteiger partial charge in [0.2, 0.25) is 0 Å². The molecule has 25 heavy (non-hydrogen) atoms. The molecule has 0 fully saturated rings. The van der Waals surface area contributed by atoms with Crippen LogP contribution in [0.15, 0.2) is 25.3 Å². The minimum atomic E-state index is -0.814. The van der Waals surface area contributed by atoms with E-state index in [0.717, 1.165) is 0 Å². The van der Waals surface area contributed by atoms with Gasteiger partial charge < -0.3 is 0 Å². The summed E-state index contributed by atoms with van der Waals surface area (Å²) in [5, 5.41) is 0. The molecule has 0 aliphatic carbocycles. The van der Waals surface area contributed by atoms with E-state index < -0.39 is 16.1 Å². The van der Waals surface area contributed by atoms with E-state index in [1.54, 1.807) is 17.8 Å². The molecule has 0 aromatic carbocycles. The van der Waals surface area contributed by atoms with E-state index in [2.05, 4.69) is 67.0 Å². The van der Waals surface area contributed by atoms with Crippen LogP contribution in [0.5, 0.6) is 0 Å². The van der Waals surface area contributed by atoms with E-state index in [-0.39, 0.29) is 35.3 Å². The summed E-state index contributed by atoms with van der Waals surface area (Å²) in [5.41, 5.74) is 1.64. The normalized spacial score (nSPS) is 8.72. The largest absolute Gasteiger partial charge is 0.103 e. The minimum absolute atomic E-state index is 0. The van der Waals surface area contributed by atoms with Crippen LogP contribution in [0.2, 0.25) is 43.9 Å². The molecule has 0 aliphatic heterocycles. The third kappa shape index (κ3) is 59.0. The van der Waals surface area contributed by atoms with Gasteiger partial charge in [-0.2, -0.15) is 0 Å². The second-order valence-corrected chi connectivity index (χ2v) is 18.6. The zero-order chi connectivity index (χ0) is 18.7. The van der Waals surface area contributed by atoms with Gasteiger partial charge in [0, 0.05) is 36.6 Å². The molecule has 0 rings (SSSR count). The van der Waals surface area contributed by atoms with E-state index in [9.17, 15) is 0 Å². The Morgan fingerprint density at radius 2 is 0.840 bits per heavy atom. The van der Waals surface area contributed by atoms with Crippen molar-refractivity contribution in [3.8, 4) is 0 Å². The van der Waals surface area contributed by atoms with E-state index in [4.69, 9.17) is 0 Å². The standard InChI is InChI=1S/C11H28Si2.C3H8.2C3H6.2CH4.Pd/c1-7-9-12(3,4)11-13(5,6)10-8-2;3*1-3-2;;;/h7-11H2,1-6H3;3H2,1-2H3;2*3H,1H2,2H3;2*1H4;. The Kier molecular flexibility index (Phi) is 57.8. The first kappa shape index (κ1) is 44.8. The van der Waals surface area contributed by atoms with Gasteiger partial charge in [0.05, 0.1) is 0 Å². The molecule has 0 bridgehead atoms. The fraction of sp³-hybridized carbons (Fsp3) is 0.818. The topological polar surface area (TPSA) is 0 Å². The van der Waals surface area contributed by atoms with Crippen molar-refractivity contribution < 1.29 is 20.4 Å². The molecule has 0 aromatic heterocycles. The Labute approximate surface area is 181 Å². The van der Waals surface area contributed by atoms with Gasteiger partial charge in [0.25, 0.3) is 0 Å². The molecule has 0 atom stereocenters. The summed E-state index contributed by atoms with van der Waals surface area (Å²) >= 11 is 0. The van der Waals surface area contributed by atoms with Crippen molar-refractivity contribution in [3.63, 3.8) is 0 Å². The number of hydrogen-bond acceptors (Lipinski definition) is 0. The Bertz CT molecular complexity index is 202. The van der Waals surface area contributed by atoms with Crippen LogP contribution in [-0.4, -0.2) is 16.1 Å².